The van der Waals surface area contributed by atoms with E-state index in [-0.39, 0.29) is 11.8 Å². The highest BCUT2D eigenvalue weighted by Crippen LogP contribution is 2.17. The number of amides is 1. The van der Waals surface area contributed by atoms with Crippen molar-refractivity contribution in [1.82, 2.24) is 10.3 Å². The number of nitrogens with two attached hydrogens (primary N) is 1. The fourth-order valence-corrected chi connectivity index (χ4v) is 2.74. The van der Waals surface area contributed by atoms with E-state index in [1.165, 1.54) is 5.56 Å². The van der Waals surface area contributed by atoms with Gasteiger partial charge in [0.1, 0.15) is 0 Å². The Bertz CT molecular complexity index is 422. The molecular formula is C15H25N3OS. The second-order valence-electron chi connectivity index (χ2n) is 5.19. The lowest BCUT2D eigenvalue weighted by molar-refractivity contribution is -0.122. The van der Waals surface area contributed by atoms with Crippen LogP contribution in [0, 0.1) is 0 Å². The summed E-state index contributed by atoms with van der Waals surface area (Å²) in [5, 5.41) is 0. The van der Waals surface area contributed by atoms with Gasteiger partial charge in [-0.1, -0.05) is 24.3 Å². The molecule has 0 aliphatic rings. The molecule has 0 saturated carbocycles. The molecule has 0 spiro atoms. The van der Waals surface area contributed by atoms with E-state index in [0.29, 0.717) is 6.04 Å². The number of hydrogen-bond donors (Lipinski definition) is 2. The maximum atomic E-state index is 11.5. The Kier molecular flexibility index (Phi) is 7.05. The molecule has 2 unspecified atom stereocenters. The average molecular weight is 295 g/mol. The van der Waals surface area contributed by atoms with E-state index in [1.807, 2.05) is 30.8 Å². The van der Waals surface area contributed by atoms with Crippen LogP contribution in [0.25, 0.3) is 0 Å². The summed E-state index contributed by atoms with van der Waals surface area (Å²) in [6, 6.07) is 8.71. The Morgan fingerprint density at radius 2 is 1.95 bits per heavy atom. The summed E-state index contributed by atoms with van der Waals surface area (Å²) in [5.74, 6) is 5.90. The molecule has 0 radical (unpaired) electrons. The van der Waals surface area contributed by atoms with Crippen LogP contribution in [0.1, 0.15) is 30.9 Å². The third-order valence-corrected chi connectivity index (χ3v) is 4.42. The van der Waals surface area contributed by atoms with Crippen LogP contribution in [-0.2, 0) is 11.3 Å². The normalized spacial score (nSPS) is 14.1. The largest absolute Gasteiger partial charge is 0.299 e. The predicted molar refractivity (Wildman–Crippen MR) is 86.5 cm³/mol. The Morgan fingerprint density at radius 3 is 2.45 bits per heavy atom. The number of hydrogen-bond acceptors (Lipinski definition) is 4. The number of nitrogens with zero attached hydrogens (tertiary/aromatic N) is 1. The molecule has 1 rings (SSSR count). The summed E-state index contributed by atoms with van der Waals surface area (Å²) in [5.41, 5.74) is 4.43. The number of carbonyl (C=O) groups excluding carboxylic acids is 1. The molecule has 1 amide bonds. The zero-order valence-electron chi connectivity index (χ0n) is 12.7. The number of rotatable bonds is 7. The summed E-state index contributed by atoms with van der Waals surface area (Å²) in [7, 11) is 2.14. The Hall–Kier alpha value is -1.04. The van der Waals surface area contributed by atoms with Gasteiger partial charge in [0.25, 0.3) is 0 Å². The highest BCUT2D eigenvalue weighted by atomic mass is 32.2. The minimum Gasteiger partial charge on any atom is -0.299 e. The number of carbonyl (C=O) groups is 1. The number of nitrogens with one attached hydrogen (secondary N) is 1. The molecule has 0 heterocycles. The van der Waals surface area contributed by atoms with Crippen LogP contribution in [0.2, 0.25) is 0 Å². The smallest absolute Gasteiger partial charge is 0.241 e. The second kappa shape index (κ2) is 8.29. The van der Waals surface area contributed by atoms with E-state index in [1.54, 1.807) is 0 Å². The lowest BCUT2D eigenvalue weighted by Gasteiger charge is -2.24. The molecule has 4 nitrogen and oxygen atoms in total. The zero-order chi connectivity index (χ0) is 15.1. The van der Waals surface area contributed by atoms with Crippen molar-refractivity contribution in [2.45, 2.75) is 32.4 Å². The summed E-state index contributed by atoms with van der Waals surface area (Å²) in [6.07, 6.45) is 2.13. The van der Waals surface area contributed by atoms with Gasteiger partial charge >= 0.3 is 0 Å². The third-order valence-electron chi connectivity index (χ3n) is 3.61. The first-order valence-corrected chi connectivity index (χ1v) is 8.17. The van der Waals surface area contributed by atoms with E-state index in [2.05, 4.69) is 42.7 Å². The van der Waals surface area contributed by atoms with Gasteiger partial charge in [-0.2, -0.15) is 11.8 Å². The van der Waals surface area contributed by atoms with Gasteiger partial charge < -0.3 is 0 Å². The maximum absolute atomic E-state index is 11.5. The van der Waals surface area contributed by atoms with E-state index >= 15 is 0 Å². The summed E-state index contributed by atoms with van der Waals surface area (Å²) >= 11 is 1.86. The van der Waals surface area contributed by atoms with E-state index in [0.717, 1.165) is 17.9 Å². The van der Waals surface area contributed by atoms with Gasteiger partial charge in [0, 0.05) is 18.3 Å². The SMILES string of the molecule is CSCC(C)N(C)Cc1ccc(C(C)C(=O)NN)cc1. The minimum absolute atomic E-state index is 0.163. The molecule has 0 aliphatic heterocycles. The maximum Gasteiger partial charge on any atom is 0.241 e. The first-order valence-electron chi connectivity index (χ1n) is 6.78. The molecular weight excluding hydrogens is 270 g/mol. The van der Waals surface area contributed by atoms with Crippen LogP contribution >= 0.6 is 11.8 Å². The van der Waals surface area contributed by atoms with Crippen LogP contribution in [0.15, 0.2) is 24.3 Å². The van der Waals surface area contributed by atoms with Crippen LogP contribution in [-0.4, -0.2) is 35.9 Å². The summed E-state index contributed by atoms with van der Waals surface area (Å²) in [4.78, 5) is 13.8. The second-order valence-corrected chi connectivity index (χ2v) is 6.10. The molecule has 2 atom stereocenters. The van der Waals surface area contributed by atoms with Crippen molar-refractivity contribution in [3.63, 3.8) is 0 Å². The quantitative estimate of drug-likeness (QED) is 0.459. The van der Waals surface area contributed by atoms with E-state index < -0.39 is 0 Å². The van der Waals surface area contributed by atoms with E-state index in [9.17, 15) is 4.79 Å². The van der Waals surface area contributed by atoms with Crippen molar-refractivity contribution in [1.29, 1.82) is 0 Å². The third kappa shape index (κ3) is 4.81. The van der Waals surface area contributed by atoms with Gasteiger partial charge in [-0.15, -0.1) is 0 Å². The Balaban J connectivity index is 2.65. The summed E-state index contributed by atoms with van der Waals surface area (Å²) < 4.78 is 0. The minimum atomic E-state index is -0.220. The van der Waals surface area contributed by atoms with E-state index in [4.69, 9.17) is 5.84 Å². The number of hydrazine groups is 1. The first kappa shape index (κ1) is 17.0. The molecule has 1 aromatic carbocycles. The number of benzene rings is 1. The van der Waals surface area contributed by atoms with Crippen LogP contribution in [0.3, 0.4) is 0 Å². The molecule has 0 aliphatic carbocycles. The number of thioether (sulfide) groups is 1. The van der Waals surface area contributed by atoms with Gasteiger partial charge in [-0.25, -0.2) is 5.84 Å². The molecule has 0 saturated heterocycles. The topological polar surface area (TPSA) is 58.4 Å². The highest BCUT2D eigenvalue weighted by molar-refractivity contribution is 7.98. The molecule has 0 aromatic heterocycles. The zero-order valence-corrected chi connectivity index (χ0v) is 13.5. The van der Waals surface area contributed by atoms with Gasteiger partial charge in [-0.05, 0) is 38.3 Å². The van der Waals surface area contributed by atoms with Crippen LogP contribution in [0.4, 0.5) is 0 Å². The predicted octanol–water partition coefficient (Wildman–Crippen LogP) is 1.96. The van der Waals surface area contributed by atoms with Gasteiger partial charge in [0.15, 0.2) is 0 Å². The lowest BCUT2D eigenvalue weighted by atomic mass is 9.99. The molecule has 0 fully saturated rings. The fourth-order valence-electron chi connectivity index (χ4n) is 2.00. The highest BCUT2D eigenvalue weighted by Gasteiger charge is 2.14. The van der Waals surface area contributed by atoms with Crippen molar-refractivity contribution in [3.8, 4) is 0 Å². The van der Waals surface area contributed by atoms with Crippen LogP contribution in [0.5, 0.6) is 0 Å². The van der Waals surface area contributed by atoms with Crippen molar-refractivity contribution in [3.05, 3.63) is 35.4 Å². The van der Waals surface area contributed by atoms with Crippen molar-refractivity contribution >= 4 is 17.7 Å². The first-order chi connectivity index (χ1) is 9.49. The standard InChI is InChI=1S/C15H25N3OS/c1-11(10-20-4)18(3)9-13-5-7-14(8-6-13)12(2)15(19)17-16/h5-8,11-12H,9-10,16H2,1-4H3,(H,17,19). The van der Waals surface area contributed by atoms with Gasteiger partial charge in [-0.3, -0.25) is 15.1 Å². The molecule has 0 bridgehead atoms. The molecule has 112 valence electrons. The Labute approximate surface area is 126 Å². The molecule has 20 heavy (non-hydrogen) atoms. The van der Waals surface area contributed by atoms with Crippen molar-refractivity contribution in [2.24, 2.45) is 5.84 Å². The van der Waals surface area contributed by atoms with Crippen molar-refractivity contribution in [2.75, 3.05) is 19.1 Å². The van der Waals surface area contributed by atoms with Gasteiger partial charge in [0.05, 0.1) is 5.92 Å². The van der Waals surface area contributed by atoms with Crippen molar-refractivity contribution < 1.29 is 4.79 Å². The summed E-state index contributed by atoms with van der Waals surface area (Å²) in [6.45, 7) is 5.00. The molecule has 5 heteroatoms. The molecule has 3 N–H and O–H groups in total. The Morgan fingerprint density at radius 1 is 1.35 bits per heavy atom. The monoisotopic (exact) mass is 295 g/mol. The van der Waals surface area contributed by atoms with Crippen LogP contribution < -0.4 is 11.3 Å². The fraction of sp³-hybridized carbons (Fsp3) is 0.533. The lowest BCUT2D eigenvalue weighted by Crippen LogP contribution is -2.33. The average Bonchev–Trinajstić information content (AvgIpc) is 2.46. The molecule has 1 aromatic rings. The van der Waals surface area contributed by atoms with Gasteiger partial charge in [0.2, 0.25) is 5.91 Å².